The second-order valence-corrected chi connectivity index (χ2v) is 4.72. The predicted octanol–water partition coefficient (Wildman–Crippen LogP) is 4.24. The van der Waals surface area contributed by atoms with E-state index in [2.05, 4.69) is 9.83 Å². The van der Waals surface area contributed by atoms with Crippen LogP contribution in [0.1, 0.15) is 10.4 Å². The van der Waals surface area contributed by atoms with Gasteiger partial charge in [-0.25, -0.2) is 9.64 Å². The van der Waals surface area contributed by atoms with Crippen molar-refractivity contribution in [1.29, 1.82) is 0 Å². The van der Waals surface area contributed by atoms with E-state index in [1.54, 1.807) is 24.4 Å². The molecule has 0 saturated heterocycles. The molecule has 106 valence electrons. The van der Waals surface area contributed by atoms with Crippen LogP contribution in [0.3, 0.4) is 0 Å². The number of methoxy groups -OCH3 is 1. The van der Waals surface area contributed by atoms with Crippen LogP contribution < -0.4 is 0 Å². The molecule has 22 heavy (non-hydrogen) atoms. The van der Waals surface area contributed by atoms with Crippen LogP contribution in [0.4, 0.5) is 5.69 Å². The van der Waals surface area contributed by atoms with E-state index in [-0.39, 0.29) is 0 Å². The lowest BCUT2D eigenvalue weighted by atomic mass is 10.0. The molecule has 0 N–H and O–H groups in total. The highest BCUT2D eigenvalue weighted by atomic mass is 16.5. The summed E-state index contributed by atoms with van der Waals surface area (Å²) in [4.78, 5) is 19.7. The van der Waals surface area contributed by atoms with E-state index < -0.39 is 5.97 Å². The van der Waals surface area contributed by atoms with Crippen LogP contribution in [-0.2, 0) is 4.74 Å². The number of fused-ring (bicyclic) bond motifs is 1. The first-order valence-corrected chi connectivity index (χ1v) is 6.68. The van der Waals surface area contributed by atoms with Crippen LogP contribution in [0.2, 0.25) is 0 Å². The van der Waals surface area contributed by atoms with Gasteiger partial charge in [0.2, 0.25) is 0 Å². The number of pyridine rings is 1. The SMILES string of the molecule is [C-]#[N+]c1ccccc1-c1nccc2ccc(C(=O)OC)cc12. The molecule has 2 aromatic carbocycles. The average molecular weight is 288 g/mol. The zero-order valence-electron chi connectivity index (χ0n) is 11.9. The molecule has 1 aromatic heterocycles. The van der Waals surface area contributed by atoms with Gasteiger partial charge in [-0.1, -0.05) is 30.3 Å². The van der Waals surface area contributed by atoms with Crippen molar-refractivity contribution < 1.29 is 9.53 Å². The Labute approximate surface area is 127 Å². The number of carbonyl (C=O) groups is 1. The molecule has 0 atom stereocenters. The molecule has 0 saturated carbocycles. The van der Waals surface area contributed by atoms with E-state index in [9.17, 15) is 4.79 Å². The maximum atomic E-state index is 11.7. The molecule has 1 heterocycles. The lowest BCUT2D eigenvalue weighted by Gasteiger charge is -2.09. The number of benzene rings is 2. The first-order valence-electron chi connectivity index (χ1n) is 6.68. The number of ether oxygens (including phenoxy) is 1. The van der Waals surface area contributed by atoms with Crippen molar-refractivity contribution in [2.24, 2.45) is 0 Å². The smallest absolute Gasteiger partial charge is 0.337 e. The highest BCUT2D eigenvalue weighted by Crippen LogP contribution is 2.33. The van der Waals surface area contributed by atoms with Gasteiger partial charge in [0.15, 0.2) is 5.69 Å². The van der Waals surface area contributed by atoms with Crippen LogP contribution >= 0.6 is 0 Å². The van der Waals surface area contributed by atoms with Crippen molar-refractivity contribution in [2.45, 2.75) is 0 Å². The second-order valence-electron chi connectivity index (χ2n) is 4.72. The topological polar surface area (TPSA) is 43.5 Å². The van der Waals surface area contributed by atoms with Gasteiger partial charge in [-0.3, -0.25) is 4.98 Å². The summed E-state index contributed by atoms with van der Waals surface area (Å²) in [5.74, 6) is -0.393. The third-order valence-electron chi connectivity index (χ3n) is 3.47. The van der Waals surface area contributed by atoms with Crippen LogP contribution in [0.15, 0.2) is 54.7 Å². The highest BCUT2D eigenvalue weighted by Gasteiger charge is 2.12. The normalized spacial score (nSPS) is 10.2. The summed E-state index contributed by atoms with van der Waals surface area (Å²) >= 11 is 0. The molecular formula is C18H12N2O2. The first-order chi connectivity index (χ1) is 10.7. The lowest BCUT2D eigenvalue weighted by molar-refractivity contribution is 0.0601. The standard InChI is InChI=1S/C18H12N2O2/c1-19-16-6-4-3-5-14(16)17-15-11-13(18(21)22-2)8-7-12(15)9-10-20-17/h3-11H,2H3. The molecule has 0 amide bonds. The maximum absolute atomic E-state index is 11.7. The van der Waals surface area contributed by atoms with Crippen molar-refractivity contribution in [3.05, 3.63) is 71.7 Å². The quantitative estimate of drug-likeness (QED) is 0.523. The number of carbonyl (C=O) groups excluding carboxylic acids is 1. The summed E-state index contributed by atoms with van der Waals surface area (Å²) in [5.41, 5.74) is 2.44. The predicted molar refractivity (Wildman–Crippen MR) is 84.8 cm³/mol. The zero-order valence-corrected chi connectivity index (χ0v) is 11.9. The Hall–Kier alpha value is -3.19. The van der Waals surface area contributed by atoms with Crippen molar-refractivity contribution >= 4 is 22.4 Å². The molecule has 0 radical (unpaired) electrons. The summed E-state index contributed by atoms with van der Waals surface area (Å²) in [6, 6.07) is 14.5. The third-order valence-corrected chi connectivity index (χ3v) is 3.47. The lowest BCUT2D eigenvalue weighted by Crippen LogP contribution is -2.01. The van der Waals surface area contributed by atoms with Crippen molar-refractivity contribution in [3.63, 3.8) is 0 Å². The molecule has 0 spiro atoms. The summed E-state index contributed by atoms with van der Waals surface area (Å²) in [6.07, 6.45) is 1.70. The van der Waals surface area contributed by atoms with Crippen molar-refractivity contribution in [2.75, 3.05) is 7.11 Å². The van der Waals surface area contributed by atoms with Crippen LogP contribution in [0.5, 0.6) is 0 Å². The van der Waals surface area contributed by atoms with E-state index in [0.717, 1.165) is 16.3 Å². The van der Waals surface area contributed by atoms with Gasteiger partial charge in [0, 0.05) is 17.1 Å². The zero-order chi connectivity index (χ0) is 15.5. The summed E-state index contributed by atoms with van der Waals surface area (Å²) in [5, 5.41) is 1.78. The fourth-order valence-electron chi connectivity index (χ4n) is 2.40. The van der Waals surface area contributed by atoms with Gasteiger partial charge in [0.25, 0.3) is 0 Å². The fourth-order valence-corrected chi connectivity index (χ4v) is 2.40. The van der Waals surface area contributed by atoms with E-state index in [4.69, 9.17) is 11.3 Å². The second kappa shape index (κ2) is 5.66. The van der Waals surface area contributed by atoms with E-state index in [1.165, 1.54) is 7.11 Å². The van der Waals surface area contributed by atoms with E-state index in [0.29, 0.717) is 16.9 Å². The number of para-hydroxylation sites is 1. The number of aromatic nitrogens is 1. The molecule has 4 heteroatoms. The number of hydrogen-bond donors (Lipinski definition) is 0. The Kier molecular flexibility index (Phi) is 3.55. The van der Waals surface area contributed by atoms with Crippen LogP contribution in [-0.4, -0.2) is 18.1 Å². The number of nitrogens with zero attached hydrogens (tertiary/aromatic N) is 2. The Morgan fingerprint density at radius 1 is 1.18 bits per heavy atom. The van der Waals surface area contributed by atoms with Gasteiger partial charge >= 0.3 is 5.97 Å². The largest absolute Gasteiger partial charge is 0.465 e. The Morgan fingerprint density at radius 2 is 2.00 bits per heavy atom. The summed E-state index contributed by atoms with van der Waals surface area (Å²) in [6.45, 7) is 7.31. The Bertz CT molecular complexity index is 910. The summed E-state index contributed by atoms with van der Waals surface area (Å²) in [7, 11) is 1.35. The Balaban J connectivity index is 2.30. The molecule has 0 aliphatic carbocycles. The van der Waals surface area contributed by atoms with Crippen LogP contribution in [0, 0.1) is 6.57 Å². The molecule has 0 unspecified atom stereocenters. The number of hydrogen-bond acceptors (Lipinski definition) is 3. The molecule has 3 aromatic rings. The van der Waals surface area contributed by atoms with Gasteiger partial charge in [-0.05, 0) is 23.6 Å². The fraction of sp³-hybridized carbons (Fsp3) is 0.0556. The number of rotatable bonds is 2. The molecular weight excluding hydrogens is 276 g/mol. The molecule has 0 bridgehead atoms. The minimum absolute atomic E-state index is 0.393. The molecule has 3 rings (SSSR count). The third kappa shape index (κ3) is 2.29. The van der Waals surface area contributed by atoms with Gasteiger partial charge in [0.05, 0.1) is 24.9 Å². The van der Waals surface area contributed by atoms with Gasteiger partial charge in [-0.2, -0.15) is 0 Å². The molecule has 0 aliphatic rings. The highest BCUT2D eigenvalue weighted by molar-refractivity contribution is 6.01. The monoisotopic (exact) mass is 288 g/mol. The summed E-state index contributed by atoms with van der Waals surface area (Å²) < 4.78 is 4.77. The minimum atomic E-state index is -0.393. The maximum Gasteiger partial charge on any atom is 0.337 e. The number of esters is 1. The van der Waals surface area contributed by atoms with Gasteiger partial charge < -0.3 is 4.74 Å². The van der Waals surface area contributed by atoms with Crippen molar-refractivity contribution in [3.8, 4) is 11.3 Å². The minimum Gasteiger partial charge on any atom is -0.465 e. The molecule has 4 nitrogen and oxygen atoms in total. The molecule has 0 aliphatic heterocycles. The van der Waals surface area contributed by atoms with Crippen LogP contribution in [0.25, 0.3) is 26.9 Å². The molecule has 0 fully saturated rings. The van der Waals surface area contributed by atoms with Gasteiger partial charge in [0.1, 0.15) is 0 Å². The Morgan fingerprint density at radius 3 is 2.77 bits per heavy atom. The van der Waals surface area contributed by atoms with Crippen molar-refractivity contribution in [1.82, 2.24) is 4.98 Å². The average Bonchev–Trinajstić information content (AvgIpc) is 2.60. The van der Waals surface area contributed by atoms with E-state index >= 15 is 0 Å². The van der Waals surface area contributed by atoms with E-state index in [1.807, 2.05) is 30.3 Å². The van der Waals surface area contributed by atoms with Gasteiger partial charge in [-0.15, -0.1) is 0 Å². The first kappa shape index (κ1) is 13.8.